The zero-order valence-corrected chi connectivity index (χ0v) is 14.2. The molecule has 1 saturated heterocycles. The average molecular weight is 340 g/mol. The van der Waals surface area contributed by atoms with Gasteiger partial charge in [-0.25, -0.2) is 9.97 Å². The van der Waals surface area contributed by atoms with Crippen molar-refractivity contribution in [2.45, 2.75) is 19.4 Å². The molecule has 1 N–H and O–H groups in total. The number of benzene rings is 1. The van der Waals surface area contributed by atoms with E-state index in [1.165, 1.54) is 7.11 Å². The number of carbonyl (C=O) groups is 2. The van der Waals surface area contributed by atoms with Crippen LogP contribution in [-0.2, 0) is 4.79 Å². The Morgan fingerprint density at radius 3 is 2.92 bits per heavy atom. The van der Waals surface area contributed by atoms with Crippen molar-refractivity contribution in [3.63, 3.8) is 0 Å². The average Bonchev–Trinajstić information content (AvgIpc) is 2.82. The molecule has 0 radical (unpaired) electrons. The summed E-state index contributed by atoms with van der Waals surface area (Å²) in [6, 6.07) is 7.15. The molecular weight excluding hydrogens is 320 g/mol. The number of methoxy groups -OCH3 is 1. The maximum absolute atomic E-state index is 12.9. The molecule has 3 rings (SSSR count). The predicted octanol–water partition coefficient (Wildman–Crippen LogP) is 1.50. The van der Waals surface area contributed by atoms with E-state index in [1.54, 1.807) is 29.4 Å². The second-order valence-corrected chi connectivity index (χ2v) is 5.90. The van der Waals surface area contributed by atoms with E-state index in [4.69, 9.17) is 4.74 Å². The molecule has 1 aromatic heterocycles. The van der Waals surface area contributed by atoms with Crippen LogP contribution in [0, 0.1) is 0 Å². The molecule has 0 saturated carbocycles. The molecule has 1 fully saturated rings. The SMILES string of the molecule is COc1nccnc1-c1cccc(C(=O)N2CCC(=O)NC[C@H]2C)c1. The second-order valence-electron chi connectivity index (χ2n) is 5.90. The highest BCUT2D eigenvalue weighted by atomic mass is 16.5. The third-order valence-electron chi connectivity index (χ3n) is 4.21. The van der Waals surface area contributed by atoms with Crippen LogP contribution < -0.4 is 10.1 Å². The van der Waals surface area contributed by atoms with E-state index in [0.717, 1.165) is 5.56 Å². The van der Waals surface area contributed by atoms with Crippen molar-refractivity contribution >= 4 is 11.8 Å². The molecule has 0 aliphatic carbocycles. The summed E-state index contributed by atoms with van der Waals surface area (Å²) < 4.78 is 5.25. The molecule has 0 spiro atoms. The van der Waals surface area contributed by atoms with Crippen LogP contribution >= 0.6 is 0 Å². The van der Waals surface area contributed by atoms with Crippen molar-refractivity contribution in [1.29, 1.82) is 0 Å². The molecule has 1 atom stereocenters. The zero-order chi connectivity index (χ0) is 17.8. The van der Waals surface area contributed by atoms with Crippen molar-refractivity contribution in [3.8, 4) is 17.1 Å². The van der Waals surface area contributed by atoms with Gasteiger partial charge in [-0.2, -0.15) is 0 Å². The summed E-state index contributed by atoms with van der Waals surface area (Å²) in [5.41, 5.74) is 1.89. The molecule has 7 heteroatoms. The summed E-state index contributed by atoms with van der Waals surface area (Å²) in [7, 11) is 1.53. The van der Waals surface area contributed by atoms with E-state index < -0.39 is 0 Å². The normalized spacial score (nSPS) is 17.6. The van der Waals surface area contributed by atoms with E-state index in [-0.39, 0.29) is 17.9 Å². The first-order valence-corrected chi connectivity index (χ1v) is 8.13. The van der Waals surface area contributed by atoms with Crippen molar-refractivity contribution in [2.75, 3.05) is 20.2 Å². The Morgan fingerprint density at radius 1 is 1.32 bits per heavy atom. The first-order chi connectivity index (χ1) is 12.1. The van der Waals surface area contributed by atoms with Gasteiger partial charge in [0.25, 0.3) is 5.91 Å². The van der Waals surface area contributed by atoms with Crippen LogP contribution in [0.4, 0.5) is 0 Å². The first-order valence-electron chi connectivity index (χ1n) is 8.13. The van der Waals surface area contributed by atoms with Crippen LogP contribution in [0.25, 0.3) is 11.3 Å². The highest BCUT2D eigenvalue weighted by Crippen LogP contribution is 2.26. The van der Waals surface area contributed by atoms with Crippen molar-refractivity contribution in [2.24, 2.45) is 0 Å². The molecule has 1 aliphatic rings. The Kier molecular flexibility index (Phi) is 4.92. The fraction of sp³-hybridized carbons (Fsp3) is 0.333. The third kappa shape index (κ3) is 3.60. The second kappa shape index (κ2) is 7.29. The molecule has 2 aromatic rings. The van der Waals surface area contributed by atoms with Crippen molar-refractivity contribution in [3.05, 3.63) is 42.2 Å². The zero-order valence-electron chi connectivity index (χ0n) is 14.2. The lowest BCUT2D eigenvalue weighted by molar-refractivity contribution is -0.120. The number of amides is 2. The van der Waals surface area contributed by atoms with Gasteiger partial charge in [-0.3, -0.25) is 9.59 Å². The van der Waals surface area contributed by atoms with Gasteiger partial charge in [-0.15, -0.1) is 0 Å². The topological polar surface area (TPSA) is 84.4 Å². The minimum Gasteiger partial charge on any atom is -0.479 e. The lowest BCUT2D eigenvalue weighted by Gasteiger charge is -2.26. The molecular formula is C18H20N4O3. The quantitative estimate of drug-likeness (QED) is 0.915. The van der Waals surface area contributed by atoms with Crippen LogP contribution in [-0.4, -0.2) is 52.9 Å². The number of aromatic nitrogens is 2. The number of carbonyl (C=O) groups excluding carboxylic acids is 2. The Balaban J connectivity index is 1.90. The van der Waals surface area contributed by atoms with E-state index in [9.17, 15) is 9.59 Å². The Bertz CT molecular complexity index is 793. The van der Waals surface area contributed by atoms with E-state index >= 15 is 0 Å². The minimum atomic E-state index is -0.103. The number of hydrogen-bond acceptors (Lipinski definition) is 5. The van der Waals surface area contributed by atoms with Gasteiger partial charge in [-0.1, -0.05) is 12.1 Å². The summed E-state index contributed by atoms with van der Waals surface area (Å²) in [6.07, 6.45) is 3.45. The maximum Gasteiger partial charge on any atom is 0.254 e. The van der Waals surface area contributed by atoms with E-state index in [1.807, 2.05) is 19.1 Å². The summed E-state index contributed by atoms with van der Waals surface area (Å²) in [4.78, 5) is 34.7. The van der Waals surface area contributed by atoms with Crippen LogP contribution in [0.3, 0.4) is 0 Å². The van der Waals surface area contributed by atoms with Crippen LogP contribution in [0.15, 0.2) is 36.7 Å². The molecule has 7 nitrogen and oxygen atoms in total. The summed E-state index contributed by atoms with van der Waals surface area (Å²) in [5, 5.41) is 2.82. The smallest absolute Gasteiger partial charge is 0.254 e. The van der Waals surface area contributed by atoms with Gasteiger partial charge in [0.2, 0.25) is 11.8 Å². The Morgan fingerprint density at radius 2 is 2.12 bits per heavy atom. The molecule has 2 heterocycles. The van der Waals surface area contributed by atoms with E-state index in [2.05, 4.69) is 15.3 Å². The van der Waals surface area contributed by atoms with Gasteiger partial charge < -0.3 is 15.0 Å². The summed E-state index contributed by atoms with van der Waals surface area (Å²) in [6.45, 7) is 2.80. The number of nitrogens with one attached hydrogen (secondary N) is 1. The molecule has 130 valence electrons. The first kappa shape index (κ1) is 16.9. The lowest BCUT2D eigenvalue weighted by Crippen LogP contribution is -2.41. The number of ether oxygens (including phenoxy) is 1. The fourth-order valence-corrected chi connectivity index (χ4v) is 2.84. The van der Waals surface area contributed by atoms with Gasteiger partial charge in [0.1, 0.15) is 5.69 Å². The van der Waals surface area contributed by atoms with Gasteiger partial charge in [0.15, 0.2) is 0 Å². The number of hydrogen-bond donors (Lipinski definition) is 1. The lowest BCUT2D eigenvalue weighted by atomic mass is 10.1. The Hall–Kier alpha value is -2.96. The summed E-state index contributed by atoms with van der Waals surface area (Å²) in [5.74, 6) is 0.277. The highest BCUT2D eigenvalue weighted by Gasteiger charge is 2.25. The van der Waals surface area contributed by atoms with Gasteiger partial charge in [0, 0.05) is 49.1 Å². The van der Waals surface area contributed by atoms with Crippen LogP contribution in [0.5, 0.6) is 5.88 Å². The number of nitrogens with zero attached hydrogens (tertiary/aromatic N) is 3. The van der Waals surface area contributed by atoms with E-state index in [0.29, 0.717) is 36.6 Å². The molecule has 0 bridgehead atoms. The van der Waals surface area contributed by atoms with Crippen LogP contribution in [0.1, 0.15) is 23.7 Å². The van der Waals surface area contributed by atoms with Gasteiger partial charge >= 0.3 is 0 Å². The van der Waals surface area contributed by atoms with Crippen molar-refractivity contribution in [1.82, 2.24) is 20.2 Å². The monoisotopic (exact) mass is 340 g/mol. The van der Waals surface area contributed by atoms with Crippen molar-refractivity contribution < 1.29 is 14.3 Å². The predicted molar refractivity (Wildman–Crippen MR) is 92.1 cm³/mol. The highest BCUT2D eigenvalue weighted by molar-refractivity contribution is 5.96. The van der Waals surface area contributed by atoms with Crippen LogP contribution in [0.2, 0.25) is 0 Å². The molecule has 1 aromatic carbocycles. The number of rotatable bonds is 3. The summed E-state index contributed by atoms with van der Waals surface area (Å²) >= 11 is 0. The minimum absolute atomic E-state index is 0.0276. The third-order valence-corrected chi connectivity index (χ3v) is 4.21. The van der Waals surface area contributed by atoms with Gasteiger partial charge in [-0.05, 0) is 19.1 Å². The fourth-order valence-electron chi connectivity index (χ4n) is 2.84. The molecule has 1 aliphatic heterocycles. The molecule has 0 unspecified atom stereocenters. The Labute approximate surface area is 146 Å². The van der Waals surface area contributed by atoms with Gasteiger partial charge in [0.05, 0.1) is 7.11 Å². The molecule has 25 heavy (non-hydrogen) atoms. The standard InChI is InChI=1S/C18H20N4O3/c1-12-11-21-15(23)6-9-22(12)18(24)14-5-3-4-13(10-14)16-17(25-2)20-8-7-19-16/h3-5,7-8,10,12H,6,9,11H2,1-2H3,(H,21,23)/t12-/m1/s1. The molecule has 2 amide bonds. The maximum atomic E-state index is 12.9. The largest absolute Gasteiger partial charge is 0.479 e.